The van der Waals surface area contributed by atoms with Gasteiger partial charge in [0.1, 0.15) is 5.60 Å². The first kappa shape index (κ1) is 16.9. The van der Waals surface area contributed by atoms with Crippen LogP contribution in [0.3, 0.4) is 0 Å². The summed E-state index contributed by atoms with van der Waals surface area (Å²) in [4.78, 5) is 13.0. The van der Waals surface area contributed by atoms with Crippen LogP contribution < -0.4 is 0 Å². The van der Waals surface area contributed by atoms with Gasteiger partial charge in [0, 0.05) is 10.0 Å². The van der Waals surface area contributed by atoms with Crippen LogP contribution in [0.1, 0.15) is 64.0 Å². The number of carbonyl (C=O) groups is 1. The first-order chi connectivity index (χ1) is 10.9. The zero-order chi connectivity index (χ0) is 16.7. The van der Waals surface area contributed by atoms with Gasteiger partial charge in [-0.2, -0.15) is 0 Å². The van der Waals surface area contributed by atoms with E-state index in [1.807, 2.05) is 19.9 Å². The lowest BCUT2D eigenvalue weighted by Crippen LogP contribution is -2.35. The van der Waals surface area contributed by atoms with Gasteiger partial charge in [-0.05, 0) is 62.4 Å². The molecule has 1 aromatic rings. The molecular weight excluding hydrogens is 352 g/mol. The second-order valence-corrected chi connectivity index (χ2v) is 8.17. The first-order valence-electron chi connectivity index (χ1n) is 8.63. The van der Waals surface area contributed by atoms with Crippen molar-refractivity contribution in [2.24, 2.45) is 0 Å². The number of rotatable bonds is 2. The summed E-state index contributed by atoms with van der Waals surface area (Å²) >= 11 is 3.54. The first-order valence-corrected chi connectivity index (χ1v) is 9.43. The molecule has 0 amide bonds. The molecule has 1 saturated carbocycles. The van der Waals surface area contributed by atoms with Crippen LogP contribution >= 0.6 is 15.9 Å². The molecule has 1 aliphatic heterocycles. The monoisotopic (exact) mass is 376 g/mol. The van der Waals surface area contributed by atoms with Crippen LogP contribution in [-0.2, 0) is 16.0 Å². The summed E-state index contributed by atoms with van der Waals surface area (Å²) < 4.78 is 7.43. The molecule has 0 N–H and O–H groups in total. The van der Waals surface area contributed by atoms with Crippen molar-refractivity contribution in [1.29, 1.82) is 0 Å². The van der Waals surface area contributed by atoms with Crippen molar-refractivity contribution < 1.29 is 9.53 Å². The Kier molecular flexibility index (Phi) is 4.54. The Morgan fingerprint density at radius 3 is 2.57 bits per heavy atom. The average molecular weight is 377 g/mol. The van der Waals surface area contributed by atoms with Gasteiger partial charge in [0.05, 0.1) is 5.60 Å². The summed E-state index contributed by atoms with van der Waals surface area (Å²) in [6.07, 6.45) is 8.50. The third-order valence-electron chi connectivity index (χ3n) is 5.18. The highest BCUT2D eigenvalue weighted by Gasteiger charge is 2.54. The molecule has 1 aromatic carbocycles. The van der Waals surface area contributed by atoms with Crippen LogP contribution in [0.2, 0.25) is 0 Å². The molecular formula is C20H25BrO2. The van der Waals surface area contributed by atoms with E-state index in [1.165, 1.54) is 12.0 Å². The van der Waals surface area contributed by atoms with Crippen LogP contribution in [0, 0.1) is 0 Å². The molecule has 2 nitrogen and oxygen atoms in total. The van der Waals surface area contributed by atoms with Gasteiger partial charge in [-0.1, -0.05) is 48.2 Å². The highest BCUT2D eigenvalue weighted by molar-refractivity contribution is 9.10. The van der Waals surface area contributed by atoms with Crippen molar-refractivity contribution in [2.45, 2.75) is 70.5 Å². The van der Waals surface area contributed by atoms with Crippen molar-refractivity contribution in [1.82, 2.24) is 0 Å². The summed E-state index contributed by atoms with van der Waals surface area (Å²) in [5.74, 6) is 0.157. The fourth-order valence-electron chi connectivity index (χ4n) is 3.99. The molecule has 1 aliphatic carbocycles. The van der Waals surface area contributed by atoms with E-state index in [4.69, 9.17) is 4.74 Å². The van der Waals surface area contributed by atoms with Crippen LogP contribution in [0.5, 0.6) is 0 Å². The predicted molar refractivity (Wildman–Crippen MR) is 97.5 cm³/mol. The van der Waals surface area contributed by atoms with E-state index < -0.39 is 5.60 Å². The molecule has 1 heterocycles. The molecule has 3 heteroatoms. The molecule has 2 aliphatic rings. The number of hydrogen-bond acceptors (Lipinski definition) is 2. The molecule has 0 atom stereocenters. The summed E-state index contributed by atoms with van der Waals surface area (Å²) in [5, 5.41) is 0. The van der Waals surface area contributed by atoms with Gasteiger partial charge in [0.25, 0.3) is 0 Å². The van der Waals surface area contributed by atoms with Gasteiger partial charge >= 0.3 is 0 Å². The normalized spacial score (nSPS) is 24.5. The van der Waals surface area contributed by atoms with Crippen LogP contribution in [-0.4, -0.2) is 17.0 Å². The molecule has 2 fully saturated rings. The van der Waals surface area contributed by atoms with E-state index in [0.29, 0.717) is 0 Å². The SMILES string of the molecule is CCc1cc(Br)ccc1C=C1C(=O)C(C)(C)OC12CCCCC2. The maximum Gasteiger partial charge on any atom is 0.193 e. The number of hydrogen-bond donors (Lipinski definition) is 0. The number of Topliss-reactive ketones (excluding diaryl/α,β-unsaturated/α-hetero) is 1. The summed E-state index contributed by atoms with van der Waals surface area (Å²) in [5.41, 5.74) is 2.22. The van der Waals surface area contributed by atoms with Gasteiger partial charge in [-0.3, -0.25) is 4.79 Å². The maximum absolute atomic E-state index is 13.0. The number of ketones is 1. The molecule has 23 heavy (non-hydrogen) atoms. The molecule has 0 aromatic heterocycles. The van der Waals surface area contributed by atoms with Crippen molar-refractivity contribution >= 4 is 27.8 Å². The quantitative estimate of drug-likeness (QED) is 0.639. The lowest BCUT2D eigenvalue weighted by Gasteiger charge is -2.35. The minimum Gasteiger partial charge on any atom is -0.356 e. The van der Waals surface area contributed by atoms with Crippen LogP contribution in [0.15, 0.2) is 28.2 Å². The third kappa shape index (κ3) is 3.06. The topological polar surface area (TPSA) is 26.3 Å². The molecule has 1 saturated heterocycles. The Hall–Kier alpha value is -0.930. The number of halogens is 1. The second-order valence-electron chi connectivity index (χ2n) is 7.25. The van der Waals surface area contributed by atoms with Gasteiger partial charge in [0.15, 0.2) is 5.78 Å². The highest BCUT2D eigenvalue weighted by Crippen LogP contribution is 2.48. The zero-order valence-electron chi connectivity index (χ0n) is 14.2. The zero-order valence-corrected chi connectivity index (χ0v) is 15.8. The minimum atomic E-state index is -0.703. The Morgan fingerprint density at radius 1 is 1.22 bits per heavy atom. The lowest BCUT2D eigenvalue weighted by molar-refractivity contribution is -0.136. The van der Waals surface area contributed by atoms with Crippen molar-refractivity contribution in [3.8, 4) is 0 Å². The average Bonchev–Trinajstić information content (AvgIpc) is 2.69. The fraction of sp³-hybridized carbons (Fsp3) is 0.550. The number of ether oxygens (including phenoxy) is 1. The van der Waals surface area contributed by atoms with Gasteiger partial charge < -0.3 is 4.74 Å². The standard InChI is InChI=1S/C20H25BrO2/c1-4-14-12-16(21)9-8-15(14)13-17-18(22)19(2,3)23-20(17)10-6-5-7-11-20/h8-9,12-13H,4-7,10-11H2,1-3H3. The maximum atomic E-state index is 13.0. The van der Waals surface area contributed by atoms with E-state index in [-0.39, 0.29) is 11.4 Å². The molecule has 0 bridgehead atoms. The van der Waals surface area contributed by atoms with Crippen LogP contribution in [0.4, 0.5) is 0 Å². The second kappa shape index (κ2) is 6.18. The number of carbonyl (C=O) groups excluding carboxylic acids is 1. The number of aryl methyl sites for hydroxylation is 1. The third-order valence-corrected chi connectivity index (χ3v) is 5.67. The Balaban J connectivity index is 2.09. The highest BCUT2D eigenvalue weighted by atomic mass is 79.9. The molecule has 1 spiro atoms. The Labute approximate surface area is 147 Å². The van der Waals surface area contributed by atoms with Crippen molar-refractivity contribution in [3.05, 3.63) is 39.4 Å². The van der Waals surface area contributed by atoms with E-state index >= 15 is 0 Å². The van der Waals surface area contributed by atoms with Gasteiger partial charge in [0.2, 0.25) is 0 Å². The molecule has 0 radical (unpaired) electrons. The molecule has 3 rings (SSSR count). The number of benzene rings is 1. The van der Waals surface area contributed by atoms with Gasteiger partial charge in [-0.15, -0.1) is 0 Å². The Morgan fingerprint density at radius 2 is 1.91 bits per heavy atom. The predicted octanol–water partition coefficient (Wildman–Crippen LogP) is 5.48. The smallest absolute Gasteiger partial charge is 0.193 e. The van der Waals surface area contributed by atoms with Crippen molar-refractivity contribution in [2.75, 3.05) is 0 Å². The lowest BCUT2D eigenvalue weighted by atomic mass is 9.77. The van der Waals surface area contributed by atoms with E-state index in [0.717, 1.165) is 47.7 Å². The van der Waals surface area contributed by atoms with E-state index in [1.54, 1.807) is 0 Å². The molecule has 0 unspecified atom stereocenters. The van der Waals surface area contributed by atoms with Crippen molar-refractivity contribution in [3.63, 3.8) is 0 Å². The Bertz CT molecular complexity index is 652. The summed E-state index contributed by atoms with van der Waals surface area (Å²) in [6.45, 7) is 5.97. The largest absolute Gasteiger partial charge is 0.356 e. The van der Waals surface area contributed by atoms with E-state index in [9.17, 15) is 4.79 Å². The minimum absolute atomic E-state index is 0.157. The summed E-state index contributed by atoms with van der Waals surface area (Å²) in [7, 11) is 0. The van der Waals surface area contributed by atoms with Crippen LogP contribution in [0.25, 0.3) is 6.08 Å². The fourth-order valence-corrected chi connectivity index (χ4v) is 4.40. The summed E-state index contributed by atoms with van der Waals surface area (Å²) in [6, 6.07) is 6.29. The van der Waals surface area contributed by atoms with Gasteiger partial charge in [-0.25, -0.2) is 0 Å². The molecule has 124 valence electrons. The van der Waals surface area contributed by atoms with E-state index in [2.05, 4.69) is 41.1 Å².